The quantitative estimate of drug-likeness (QED) is 0.293. The number of esters is 1. The van der Waals surface area contributed by atoms with E-state index in [4.69, 9.17) is 4.74 Å². The van der Waals surface area contributed by atoms with Crippen LogP contribution in [0.15, 0.2) is 4.99 Å². The molecule has 0 radical (unpaired) electrons. The van der Waals surface area contributed by atoms with Crippen molar-refractivity contribution in [2.75, 3.05) is 46.4 Å². The first-order chi connectivity index (χ1) is 11.6. The Hall–Kier alpha value is -1.06. The smallest absolute Gasteiger partial charge is 0.310 e. The van der Waals surface area contributed by atoms with Gasteiger partial charge in [-0.15, -0.1) is 24.0 Å². The number of hydrogen-bond donors (Lipinski definition) is 1. The van der Waals surface area contributed by atoms with Gasteiger partial charge in [0.15, 0.2) is 5.96 Å². The van der Waals surface area contributed by atoms with Crippen LogP contribution in [-0.4, -0.2) is 74.0 Å². The average molecular weight is 466 g/mol. The number of amides is 1. The molecule has 2 saturated heterocycles. The van der Waals surface area contributed by atoms with E-state index in [-0.39, 0.29) is 54.2 Å². The summed E-state index contributed by atoms with van der Waals surface area (Å²) >= 11 is 0. The van der Waals surface area contributed by atoms with Crippen molar-refractivity contribution in [3.05, 3.63) is 0 Å². The zero-order valence-corrected chi connectivity index (χ0v) is 17.8. The number of aliphatic imine (C=N–C) groups is 1. The highest BCUT2D eigenvalue weighted by Crippen LogP contribution is 2.24. The molecule has 2 aliphatic rings. The Labute approximate surface area is 167 Å². The summed E-state index contributed by atoms with van der Waals surface area (Å²) in [6.45, 7) is 7.94. The van der Waals surface area contributed by atoms with Crippen molar-refractivity contribution in [3.63, 3.8) is 0 Å². The number of methoxy groups -OCH3 is 1. The molecule has 1 amide bonds. The fourth-order valence-electron chi connectivity index (χ4n) is 3.41. The minimum absolute atomic E-state index is 0. The van der Waals surface area contributed by atoms with Crippen molar-refractivity contribution in [1.29, 1.82) is 0 Å². The monoisotopic (exact) mass is 466 g/mol. The molecule has 2 atom stereocenters. The van der Waals surface area contributed by atoms with Crippen LogP contribution in [0.25, 0.3) is 0 Å². The highest BCUT2D eigenvalue weighted by molar-refractivity contribution is 14.0. The van der Waals surface area contributed by atoms with E-state index in [0.29, 0.717) is 12.5 Å². The topological polar surface area (TPSA) is 74.2 Å². The van der Waals surface area contributed by atoms with Gasteiger partial charge in [-0.3, -0.25) is 9.59 Å². The van der Waals surface area contributed by atoms with Crippen LogP contribution in [-0.2, 0) is 14.3 Å². The number of guanidine groups is 1. The van der Waals surface area contributed by atoms with Gasteiger partial charge in [0, 0.05) is 32.7 Å². The van der Waals surface area contributed by atoms with Gasteiger partial charge in [0.1, 0.15) is 6.54 Å². The maximum Gasteiger partial charge on any atom is 0.310 e. The van der Waals surface area contributed by atoms with Gasteiger partial charge in [0.25, 0.3) is 0 Å². The first kappa shape index (κ1) is 22.0. The molecule has 0 aromatic rings. The zero-order valence-electron chi connectivity index (χ0n) is 15.5. The third-order valence-corrected chi connectivity index (χ3v) is 4.82. The van der Waals surface area contributed by atoms with Crippen molar-refractivity contribution >= 4 is 41.8 Å². The second kappa shape index (κ2) is 10.8. The van der Waals surface area contributed by atoms with E-state index in [0.717, 1.165) is 39.0 Å². The van der Waals surface area contributed by atoms with Crippen molar-refractivity contribution in [2.24, 2.45) is 16.8 Å². The molecule has 2 heterocycles. The van der Waals surface area contributed by atoms with Gasteiger partial charge in [0.2, 0.25) is 5.91 Å². The number of rotatable bonds is 4. The molecule has 2 aliphatic heterocycles. The van der Waals surface area contributed by atoms with E-state index < -0.39 is 0 Å². The van der Waals surface area contributed by atoms with Crippen LogP contribution < -0.4 is 5.32 Å². The lowest BCUT2D eigenvalue weighted by Crippen LogP contribution is -2.42. The first-order valence-electron chi connectivity index (χ1n) is 8.95. The minimum atomic E-state index is -0.176. The van der Waals surface area contributed by atoms with E-state index in [9.17, 15) is 9.59 Å². The third-order valence-electron chi connectivity index (χ3n) is 4.82. The maximum atomic E-state index is 12.3. The van der Waals surface area contributed by atoms with Gasteiger partial charge >= 0.3 is 5.97 Å². The minimum Gasteiger partial charge on any atom is -0.469 e. The summed E-state index contributed by atoms with van der Waals surface area (Å²) < 4.78 is 4.88. The molecule has 0 aromatic heterocycles. The Morgan fingerprint density at radius 2 is 1.84 bits per heavy atom. The van der Waals surface area contributed by atoms with E-state index in [1.54, 1.807) is 0 Å². The first-order valence-corrected chi connectivity index (χ1v) is 8.95. The number of ether oxygens (including phenoxy) is 1. The van der Waals surface area contributed by atoms with Crippen LogP contribution in [0.4, 0.5) is 0 Å². The summed E-state index contributed by atoms with van der Waals surface area (Å²) in [6.07, 6.45) is 3.37. The van der Waals surface area contributed by atoms with Crippen LogP contribution in [0.3, 0.4) is 0 Å². The van der Waals surface area contributed by atoms with E-state index in [2.05, 4.69) is 15.2 Å². The molecule has 0 saturated carbocycles. The average Bonchev–Trinajstić information content (AvgIpc) is 3.00. The van der Waals surface area contributed by atoms with Gasteiger partial charge in [-0.05, 0) is 32.1 Å². The summed E-state index contributed by atoms with van der Waals surface area (Å²) in [5, 5.41) is 3.23. The second-order valence-corrected chi connectivity index (χ2v) is 6.62. The number of carbonyl (C=O) groups excluding carboxylic acids is 2. The van der Waals surface area contributed by atoms with Crippen LogP contribution >= 0.6 is 24.0 Å². The van der Waals surface area contributed by atoms with Gasteiger partial charge < -0.3 is 19.9 Å². The summed E-state index contributed by atoms with van der Waals surface area (Å²) in [6, 6.07) is 0. The van der Waals surface area contributed by atoms with Gasteiger partial charge in [0.05, 0.1) is 13.0 Å². The van der Waals surface area contributed by atoms with Crippen LogP contribution in [0.2, 0.25) is 0 Å². The highest BCUT2D eigenvalue weighted by Gasteiger charge is 2.37. The standard InChI is InChI=1S/C17H30N4O3.HI/c1-4-18-17(19-10-15(22)20-8-6-5-7-9-20)21-11-13(2)14(12-21)16(23)24-3;/h13-14H,4-12H2,1-3H3,(H,18,19);1H. The SMILES string of the molecule is CCNC(=NCC(=O)N1CCCCC1)N1CC(C)C(C(=O)OC)C1.I. The number of carbonyl (C=O) groups is 2. The maximum absolute atomic E-state index is 12.3. The number of piperidine rings is 1. The van der Waals surface area contributed by atoms with Crippen LogP contribution in [0, 0.1) is 11.8 Å². The van der Waals surface area contributed by atoms with Gasteiger partial charge in [-0.1, -0.05) is 6.92 Å². The molecular weight excluding hydrogens is 435 g/mol. The molecule has 2 fully saturated rings. The Morgan fingerprint density at radius 3 is 2.44 bits per heavy atom. The predicted octanol–water partition coefficient (Wildman–Crippen LogP) is 1.32. The number of halogens is 1. The highest BCUT2D eigenvalue weighted by atomic mass is 127. The normalized spacial score (nSPS) is 23.9. The summed E-state index contributed by atoms with van der Waals surface area (Å²) in [5.74, 6) is 0.684. The molecule has 1 N–H and O–H groups in total. The lowest BCUT2D eigenvalue weighted by atomic mass is 9.99. The van der Waals surface area contributed by atoms with E-state index >= 15 is 0 Å². The number of hydrogen-bond acceptors (Lipinski definition) is 4. The van der Waals surface area contributed by atoms with Gasteiger partial charge in [-0.2, -0.15) is 0 Å². The molecule has 8 heteroatoms. The zero-order chi connectivity index (χ0) is 17.5. The fraction of sp³-hybridized carbons (Fsp3) is 0.824. The summed E-state index contributed by atoms with van der Waals surface area (Å²) in [4.78, 5) is 32.6. The van der Waals surface area contributed by atoms with Crippen molar-refractivity contribution in [1.82, 2.24) is 15.1 Å². The Kier molecular flexibility index (Phi) is 9.52. The predicted molar refractivity (Wildman–Crippen MR) is 108 cm³/mol. The Morgan fingerprint density at radius 1 is 1.16 bits per heavy atom. The van der Waals surface area contributed by atoms with E-state index in [1.807, 2.05) is 18.7 Å². The summed E-state index contributed by atoms with van der Waals surface area (Å²) in [5.41, 5.74) is 0. The molecular formula is C17H31IN4O3. The molecule has 7 nitrogen and oxygen atoms in total. The molecule has 0 spiro atoms. The largest absolute Gasteiger partial charge is 0.469 e. The van der Waals surface area contributed by atoms with Crippen molar-refractivity contribution in [3.8, 4) is 0 Å². The van der Waals surface area contributed by atoms with Crippen molar-refractivity contribution in [2.45, 2.75) is 33.1 Å². The molecule has 144 valence electrons. The second-order valence-electron chi connectivity index (χ2n) is 6.62. The molecule has 0 bridgehead atoms. The molecule has 25 heavy (non-hydrogen) atoms. The molecule has 2 unspecified atom stereocenters. The summed E-state index contributed by atoms with van der Waals surface area (Å²) in [7, 11) is 1.42. The molecule has 2 rings (SSSR count). The number of likely N-dealkylation sites (tertiary alicyclic amines) is 2. The number of nitrogens with one attached hydrogen (secondary N) is 1. The van der Waals surface area contributed by atoms with Crippen molar-refractivity contribution < 1.29 is 14.3 Å². The Balaban J connectivity index is 0.00000312. The fourth-order valence-corrected chi connectivity index (χ4v) is 3.41. The Bertz CT molecular complexity index is 481. The molecule has 0 aliphatic carbocycles. The van der Waals surface area contributed by atoms with Crippen LogP contribution in [0.1, 0.15) is 33.1 Å². The molecule has 0 aromatic carbocycles. The van der Waals surface area contributed by atoms with E-state index in [1.165, 1.54) is 13.5 Å². The third kappa shape index (κ3) is 6.00. The lowest BCUT2D eigenvalue weighted by Gasteiger charge is -2.26. The lowest BCUT2D eigenvalue weighted by molar-refractivity contribution is -0.146. The van der Waals surface area contributed by atoms with Gasteiger partial charge in [-0.25, -0.2) is 4.99 Å². The number of nitrogens with zero attached hydrogens (tertiary/aromatic N) is 3. The van der Waals surface area contributed by atoms with Crippen LogP contribution in [0.5, 0.6) is 0 Å².